The van der Waals surface area contributed by atoms with E-state index in [0.717, 1.165) is 6.42 Å². The zero-order valence-corrected chi connectivity index (χ0v) is 19.1. The van der Waals surface area contributed by atoms with Crippen LogP contribution in [0.25, 0.3) is 0 Å². The SMILES string of the molecule is COCOC1(CC#C[Si](C)(C)C)C=CC(O[Si](C)(C)C(C)(C)C)C1. The normalized spacial score (nSPS) is 24.8. The Balaban J connectivity index is 2.82. The van der Waals surface area contributed by atoms with Gasteiger partial charge in [-0.05, 0) is 18.1 Å². The second kappa shape index (κ2) is 7.88. The molecule has 3 nitrogen and oxygen atoms in total. The lowest BCUT2D eigenvalue weighted by atomic mass is 9.99. The summed E-state index contributed by atoms with van der Waals surface area (Å²) in [7, 11) is -1.51. The summed E-state index contributed by atoms with van der Waals surface area (Å²) in [6.45, 7) is 18.5. The number of rotatable bonds is 6. The Hall–Kier alpha value is -0.386. The van der Waals surface area contributed by atoms with Gasteiger partial charge in [-0.2, -0.15) is 0 Å². The van der Waals surface area contributed by atoms with Gasteiger partial charge in [0, 0.05) is 20.0 Å². The molecule has 0 heterocycles. The highest BCUT2D eigenvalue weighted by atomic mass is 28.4. The molecular formula is C19H36O3Si2. The van der Waals surface area contributed by atoms with Crippen LogP contribution in [0.3, 0.4) is 0 Å². The predicted octanol–water partition coefficient (Wildman–Crippen LogP) is 4.97. The fourth-order valence-electron chi connectivity index (χ4n) is 2.32. The molecule has 2 atom stereocenters. The summed E-state index contributed by atoms with van der Waals surface area (Å²) in [5, 5.41) is 0.205. The maximum Gasteiger partial charge on any atom is 0.192 e. The van der Waals surface area contributed by atoms with Crippen molar-refractivity contribution in [1.82, 2.24) is 0 Å². The fraction of sp³-hybridized carbons (Fsp3) is 0.789. The highest BCUT2D eigenvalue weighted by molar-refractivity contribution is 6.83. The van der Waals surface area contributed by atoms with Gasteiger partial charge in [0.05, 0.1) is 6.10 Å². The van der Waals surface area contributed by atoms with Crippen molar-refractivity contribution in [1.29, 1.82) is 0 Å². The van der Waals surface area contributed by atoms with Crippen LogP contribution >= 0.6 is 0 Å². The van der Waals surface area contributed by atoms with Crippen LogP contribution in [0.5, 0.6) is 0 Å². The van der Waals surface area contributed by atoms with E-state index >= 15 is 0 Å². The van der Waals surface area contributed by atoms with Gasteiger partial charge in [0.2, 0.25) is 0 Å². The van der Waals surface area contributed by atoms with Crippen molar-refractivity contribution in [2.24, 2.45) is 0 Å². The summed E-state index contributed by atoms with van der Waals surface area (Å²) in [6.07, 6.45) is 5.93. The van der Waals surface area contributed by atoms with Gasteiger partial charge in [-0.25, -0.2) is 0 Å². The second-order valence-corrected chi connectivity index (χ2v) is 18.8. The predicted molar refractivity (Wildman–Crippen MR) is 107 cm³/mol. The van der Waals surface area contributed by atoms with E-state index in [2.05, 4.69) is 77.1 Å². The Morgan fingerprint density at radius 3 is 2.29 bits per heavy atom. The van der Waals surface area contributed by atoms with Crippen LogP contribution in [-0.2, 0) is 13.9 Å². The Morgan fingerprint density at radius 2 is 1.79 bits per heavy atom. The Bertz CT molecular complexity index is 503. The molecule has 0 aliphatic heterocycles. The van der Waals surface area contributed by atoms with Crippen molar-refractivity contribution in [3.8, 4) is 11.5 Å². The lowest BCUT2D eigenvalue weighted by molar-refractivity contribution is -0.111. The van der Waals surface area contributed by atoms with Crippen LogP contribution < -0.4 is 0 Å². The highest BCUT2D eigenvalue weighted by Gasteiger charge is 2.43. The first-order valence-electron chi connectivity index (χ1n) is 8.80. The van der Waals surface area contributed by atoms with Gasteiger partial charge in [0.15, 0.2) is 8.32 Å². The average Bonchev–Trinajstić information content (AvgIpc) is 2.76. The first-order chi connectivity index (χ1) is 10.8. The molecule has 1 aliphatic carbocycles. The maximum atomic E-state index is 6.54. The van der Waals surface area contributed by atoms with Crippen molar-refractivity contribution in [2.75, 3.05) is 13.9 Å². The van der Waals surface area contributed by atoms with E-state index < -0.39 is 16.4 Å². The van der Waals surface area contributed by atoms with Gasteiger partial charge < -0.3 is 13.9 Å². The lowest BCUT2D eigenvalue weighted by Crippen LogP contribution is -2.44. The molecule has 0 aromatic heterocycles. The molecular weight excluding hydrogens is 332 g/mol. The first-order valence-corrected chi connectivity index (χ1v) is 15.2. The molecule has 0 saturated heterocycles. The fourth-order valence-corrected chi connectivity index (χ4v) is 4.21. The third-order valence-electron chi connectivity index (χ3n) is 4.73. The Morgan fingerprint density at radius 1 is 1.17 bits per heavy atom. The molecule has 0 saturated carbocycles. The molecule has 0 amide bonds. The van der Waals surface area contributed by atoms with Crippen LogP contribution in [0, 0.1) is 11.5 Å². The van der Waals surface area contributed by atoms with Gasteiger partial charge >= 0.3 is 0 Å². The van der Waals surface area contributed by atoms with E-state index in [0.29, 0.717) is 6.42 Å². The van der Waals surface area contributed by atoms with Crippen LogP contribution in [-0.4, -0.2) is 42.0 Å². The molecule has 138 valence electrons. The van der Waals surface area contributed by atoms with Crippen molar-refractivity contribution < 1.29 is 13.9 Å². The summed E-state index contributed by atoms with van der Waals surface area (Å²) in [4.78, 5) is 0. The first kappa shape index (κ1) is 21.7. The highest BCUT2D eigenvalue weighted by Crippen LogP contribution is 2.40. The van der Waals surface area contributed by atoms with E-state index in [9.17, 15) is 0 Å². The lowest BCUT2D eigenvalue weighted by Gasteiger charge is -2.39. The second-order valence-electron chi connectivity index (χ2n) is 9.32. The minimum Gasteiger partial charge on any atom is -0.410 e. The van der Waals surface area contributed by atoms with E-state index in [1.54, 1.807) is 7.11 Å². The molecule has 0 fully saturated rings. The van der Waals surface area contributed by atoms with Gasteiger partial charge in [-0.3, -0.25) is 0 Å². The summed E-state index contributed by atoms with van der Waals surface area (Å²) >= 11 is 0. The van der Waals surface area contributed by atoms with Crippen molar-refractivity contribution in [2.45, 2.75) is 83.1 Å². The number of hydrogen-bond donors (Lipinski definition) is 0. The number of hydrogen-bond acceptors (Lipinski definition) is 3. The van der Waals surface area contributed by atoms with Gasteiger partial charge in [-0.1, -0.05) is 52.6 Å². The zero-order valence-electron chi connectivity index (χ0n) is 17.1. The van der Waals surface area contributed by atoms with Gasteiger partial charge in [-0.15, -0.1) is 11.5 Å². The Labute approximate surface area is 151 Å². The quantitative estimate of drug-likeness (QED) is 0.287. The van der Waals surface area contributed by atoms with Crippen LogP contribution in [0.2, 0.25) is 37.8 Å². The van der Waals surface area contributed by atoms with E-state index in [-0.39, 0.29) is 23.5 Å². The summed E-state index contributed by atoms with van der Waals surface area (Å²) in [5.74, 6) is 3.37. The molecule has 1 rings (SSSR count). The van der Waals surface area contributed by atoms with E-state index in [1.807, 2.05) is 0 Å². The molecule has 2 unspecified atom stereocenters. The molecule has 0 bridgehead atoms. The smallest absolute Gasteiger partial charge is 0.192 e. The van der Waals surface area contributed by atoms with Gasteiger partial charge in [0.1, 0.15) is 20.5 Å². The molecule has 0 aromatic carbocycles. The minimum atomic E-state index is -1.79. The van der Waals surface area contributed by atoms with Crippen LogP contribution in [0.4, 0.5) is 0 Å². The topological polar surface area (TPSA) is 27.7 Å². The van der Waals surface area contributed by atoms with Gasteiger partial charge in [0.25, 0.3) is 0 Å². The molecule has 24 heavy (non-hydrogen) atoms. The molecule has 5 heteroatoms. The van der Waals surface area contributed by atoms with E-state index in [1.165, 1.54) is 0 Å². The summed E-state index contributed by atoms with van der Waals surface area (Å²) < 4.78 is 17.7. The van der Waals surface area contributed by atoms with E-state index in [4.69, 9.17) is 13.9 Å². The monoisotopic (exact) mass is 368 g/mol. The zero-order chi connectivity index (χ0) is 18.6. The minimum absolute atomic E-state index is 0.108. The van der Waals surface area contributed by atoms with Crippen molar-refractivity contribution in [3.63, 3.8) is 0 Å². The third kappa shape index (κ3) is 6.49. The molecule has 0 aromatic rings. The number of ether oxygens (including phenoxy) is 2. The Kier molecular flexibility index (Phi) is 7.11. The van der Waals surface area contributed by atoms with Crippen LogP contribution in [0.15, 0.2) is 12.2 Å². The average molecular weight is 369 g/mol. The van der Waals surface area contributed by atoms with Crippen molar-refractivity contribution in [3.05, 3.63) is 12.2 Å². The molecule has 1 aliphatic rings. The standard InChI is InChI=1S/C19H36O3Si2/c1-18(2,3)24(8,9)22-17-11-13-19(15-17,21-16-20-4)12-10-14-23(5,6)7/h11,13,17H,12,15-16H2,1-9H3. The summed E-state index contributed by atoms with van der Waals surface area (Å²) in [6, 6.07) is 0. The maximum absolute atomic E-state index is 6.54. The molecule has 0 N–H and O–H groups in total. The molecule has 0 spiro atoms. The third-order valence-corrected chi connectivity index (χ3v) is 10.2. The number of methoxy groups -OCH3 is 1. The van der Waals surface area contributed by atoms with Crippen molar-refractivity contribution >= 4 is 16.4 Å². The summed E-state index contributed by atoms with van der Waals surface area (Å²) in [5.41, 5.74) is 3.06. The van der Waals surface area contributed by atoms with Crippen LogP contribution in [0.1, 0.15) is 33.6 Å². The molecule has 0 radical (unpaired) electrons. The largest absolute Gasteiger partial charge is 0.410 e.